The summed E-state index contributed by atoms with van der Waals surface area (Å²) >= 11 is 0. The maximum absolute atomic E-state index is 5.09. The molecule has 0 saturated carbocycles. The van der Waals surface area contributed by atoms with Crippen molar-refractivity contribution in [3.63, 3.8) is 0 Å². The lowest BCUT2D eigenvalue weighted by atomic mass is 9.99. The highest BCUT2D eigenvalue weighted by Crippen LogP contribution is 2.15. The molecule has 0 aromatic heterocycles. The lowest BCUT2D eigenvalue weighted by Gasteiger charge is -2.29. The van der Waals surface area contributed by atoms with E-state index >= 15 is 0 Å². The SMILES string of the molecule is CCNC(=NCCN1CCC(C)CC1)NCCN(C)CCCOC. The van der Waals surface area contributed by atoms with Crippen molar-refractivity contribution in [3.8, 4) is 0 Å². The van der Waals surface area contributed by atoms with Gasteiger partial charge in [-0.25, -0.2) is 0 Å². The number of likely N-dealkylation sites (tertiary alicyclic amines) is 1. The van der Waals surface area contributed by atoms with E-state index in [2.05, 4.69) is 41.3 Å². The highest BCUT2D eigenvalue weighted by atomic mass is 16.5. The number of aliphatic imine (C=N–C) groups is 1. The van der Waals surface area contributed by atoms with Crippen LogP contribution in [0.5, 0.6) is 0 Å². The third-order valence-corrected chi connectivity index (χ3v) is 4.58. The molecule has 1 heterocycles. The zero-order valence-corrected chi connectivity index (χ0v) is 16.3. The second-order valence-electron chi connectivity index (χ2n) is 6.86. The number of hydrogen-bond acceptors (Lipinski definition) is 4. The van der Waals surface area contributed by atoms with E-state index in [0.29, 0.717) is 0 Å². The molecule has 6 nitrogen and oxygen atoms in total. The van der Waals surface area contributed by atoms with Crippen LogP contribution in [0.2, 0.25) is 0 Å². The Kier molecular flexibility index (Phi) is 11.9. The Morgan fingerprint density at radius 2 is 2.00 bits per heavy atom. The third kappa shape index (κ3) is 10.1. The van der Waals surface area contributed by atoms with Gasteiger partial charge in [-0.1, -0.05) is 6.92 Å². The molecular formula is C18H39N5O. The van der Waals surface area contributed by atoms with Crippen molar-refractivity contribution in [2.75, 3.05) is 73.1 Å². The van der Waals surface area contributed by atoms with Gasteiger partial charge in [-0.3, -0.25) is 4.99 Å². The van der Waals surface area contributed by atoms with Crippen molar-refractivity contribution in [2.45, 2.75) is 33.1 Å². The zero-order valence-electron chi connectivity index (χ0n) is 16.3. The van der Waals surface area contributed by atoms with Gasteiger partial charge >= 0.3 is 0 Å². The quantitative estimate of drug-likeness (QED) is 0.336. The number of guanidine groups is 1. The second kappa shape index (κ2) is 13.4. The summed E-state index contributed by atoms with van der Waals surface area (Å²) in [6.07, 6.45) is 3.74. The van der Waals surface area contributed by atoms with Gasteiger partial charge in [-0.05, 0) is 52.2 Å². The molecule has 0 atom stereocenters. The van der Waals surface area contributed by atoms with Crippen LogP contribution >= 0.6 is 0 Å². The Morgan fingerprint density at radius 3 is 2.67 bits per heavy atom. The van der Waals surface area contributed by atoms with Crippen LogP contribution < -0.4 is 10.6 Å². The van der Waals surface area contributed by atoms with Crippen LogP contribution in [0.3, 0.4) is 0 Å². The number of ether oxygens (including phenoxy) is 1. The summed E-state index contributed by atoms with van der Waals surface area (Å²) in [5.41, 5.74) is 0. The Balaban J connectivity index is 2.19. The van der Waals surface area contributed by atoms with Crippen LogP contribution in [0.15, 0.2) is 4.99 Å². The molecule has 0 aromatic rings. The maximum Gasteiger partial charge on any atom is 0.191 e. The molecular weight excluding hydrogens is 302 g/mol. The van der Waals surface area contributed by atoms with E-state index in [9.17, 15) is 0 Å². The van der Waals surface area contributed by atoms with Crippen LogP contribution in [0.25, 0.3) is 0 Å². The number of rotatable bonds is 11. The van der Waals surface area contributed by atoms with Crippen LogP contribution in [-0.4, -0.2) is 88.9 Å². The summed E-state index contributed by atoms with van der Waals surface area (Å²) in [7, 11) is 3.91. The lowest BCUT2D eigenvalue weighted by Crippen LogP contribution is -2.42. The predicted octanol–water partition coefficient (Wildman–Crippen LogP) is 1.24. The fourth-order valence-electron chi connectivity index (χ4n) is 2.89. The third-order valence-electron chi connectivity index (χ3n) is 4.58. The fraction of sp³-hybridized carbons (Fsp3) is 0.944. The standard InChI is InChI=1S/C18H39N5O/c1-5-19-18(20-9-14-22(3)11-6-16-24-4)21-10-15-23-12-7-17(2)8-13-23/h17H,5-16H2,1-4H3,(H2,19,20,21). The molecule has 1 saturated heterocycles. The van der Waals surface area contributed by atoms with Crippen LogP contribution in [0.4, 0.5) is 0 Å². The van der Waals surface area contributed by atoms with E-state index < -0.39 is 0 Å². The highest BCUT2D eigenvalue weighted by Gasteiger charge is 2.14. The van der Waals surface area contributed by atoms with Crippen molar-refractivity contribution >= 4 is 5.96 Å². The molecule has 0 aliphatic carbocycles. The summed E-state index contributed by atoms with van der Waals surface area (Å²) in [6.45, 7) is 13.6. The first-order chi connectivity index (χ1) is 11.7. The van der Waals surface area contributed by atoms with Gasteiger partial charge in [0.1, 0.15) is 0 Å². The predicted molar refractivity (Wildman–Crippen MR) is 103 cm³/mol. The largest absolute Gasteiger partial charge is 0.385 e. The number of piperidine rings is 1. The monoisotopic (exact) mass is 341 g/mol. The van der Waals surface area contributed by atoms with Crippen molar-refractivity contribution in [1.82, 2.24) is 20.4 Å². The Labute approximate surface area is 149 Å². The molecule has 0 unspecified atom stereocenters. The minimum Gasteiger partial charge on any atom is -0.385 e. The van der Waals surface area contributed by atoms with Crippen LogP contribution in [0.1, 0.15) is 33.1 Å². The van der Waals surface area contributed by atoms with Gasteiger partial charge < -0.3 is 25.2 Å². The minimum atomic E-state index is 0.831. The Morgan fingerprint density at radius 1 is 1.25 bits per heavy atom. The van der Waals surface area contributed by atoms with Crippen LogP contribution in [-0.2, 0) is 4.74 Å². The summed E-state index contributed by atoms with van der Waals surface area (Å²) < 4.78 is 5.09. The van der Waals surface area contributed by atoms with E-state index in [4.69, 9.17) is 9.73 Å². The Hall–Kier alpha value is -0.850. The minimum absolute atomic E-state index is 0.831. The number of nitrogens with one attached hydrogen (secondary N) is 2. The molecule has 6 heteroatoms. The summed E-state index contributed by atoms with van der Waals surface area (Å²) in [5.74, 6) is 1.83. The summed E-state index contributed by atoms with van der Waals surface area (Å²) in [4.78, 5) is 9.58. The van der Waals surface area contributed by atoms with Crippen molar-refractivity contribution < 1.29 is 4.74 Å². The fourth-order valence-corrected chi connectivity index (χ4v) is 2.89. The van der Waals surface area contributed by atoms with E-state index in [-0.39, 0.29) is 0 Å². The molecule has 1 aliphatic heterocycles. The smallest absolute Gasteiger partial charge is 0.191 e. The van der Waals surface area contributed by atoms with Gasteiger partial charge in [0.05, 0.1) is 6.54 Å². The van der Waals surface area contributed by atoms with Crippen LogP contribution in [0, 0.1) is 5.92 Å². The number of hydrogen-bond donors (Lipinski definition) is 2. The van der Waals surface area contributed by atoms with Gasteiger partial charge in [0.2, 0.25) is 0 Å². The molecule has 1 aliphatic rings. The summed E-state index contributed by atoms with van der Waals surface area (Å²) in [6, 6.07) is 0. The number of methoxy groups -OCH3 is 1. The first-order valence-corrected chi connectivity index (χ1v) is 9.57. The van der Waals surface area contributed by atoms with Gasteiger partial charge in [0.15, 0.2) is 5.96 Å². The first-order valence-electron chi connectivity index (χ1n) is 9.57. The average Bonchev–Trinajstić information content (AvgIpc) is 2.57. The second-order valence-corrected chi connectivity index (χ2v) is 6.86. The normalized spacial score (nSPS) is 17.5. The van der Waals surface area contributed by atoms with Crippen molar-refractivity contribution in [3.05, 3.63) is 0 Å². The molecule has 24 heavy (non-hydrogen) atoms. The molecule has 1 rings (SSSR count). The molecule has 142 valence electrons. The maximum atomic E-state index is 5.09. The average molecular weight is 342 g/mol. The first kappa shape index (κ1) is 21.2. The van der Waals surface area contributed by atoms with E-state index in [0.717, 1.165) is 64.2 Å². The molecule has 1 fully saturated rings. The molecule has 0 aromatic carbocycles. The van der Waals surface area contributed by atoms with E-state index in [1.165, 1.54) is 25.9 Å². The van der Waals surface area contributed by atoms with Gasteiger partial charge in [0.25, 0.3) is 0 Å². The number of likely N-dealkylation sites (N-methyl/N-ethyl adjacent to an activating group) is 1. The molecule has 2 N–H and O–H groups in total. The molecule has 0 radical (unpaired) electrons. The topological polar surface area (TPSA) is 52.1 Å². The van der Waals surface area contributed by atoms with Gasteiger partial charge in [-0.15, -0.1) is 0 Å². The molecule has 0 bridgehead atoms. The lowest BCUT2D eigenvalue weighted by molar-refractivity contribution is 0.180. The molecule has 0 amide bonds. The number of nitrogens with zero attached hydrogens (tertiary/aromatic N) is 3. The van der Waals surface area contributed by atoms with Gasteiger partial charge in [-0.2, -0.15) is 0 Å². The molecule has 0 spiro atoms. The van der Waals surface area contributed by atoms with E-state index in [1.54, 1.807) is 7.11 Å². The zero-order chi connectivity index (χ0) is 17.6. The Bertz CT molecular complexity index is 329. The highest BCUT2D eigenvalue weighted by molar-refractivity contribution is 5.79. The van der Waals surface area contributed by atoms with Crippen molar-refractivity contribution in [2.24, 2.45) is 10.9 Å². The van der Waals surface area contributed by atoms with E-state index in [1.807, 2.05) is 0 Å². The summed E-state index contributed by atoms with van der Waals surface area (Å²) in [5, 5.41) is 6.77. The van der Waals surface area contributed by atoms with Crippen molar-refractivity contribution in [1.29, 1.82) is 0 Å². The van der Waals surface area contributed by atoms with Gasteiger partial charge in [0, 0.05) is 46.4 Å².